The maximum atomic E-state index is 12.7. The highest BCUT2D eigenvalue weighted by molar-refractivity contribution is 6.35. The molecule has 0 unspecified atom stereocenters. The fraction of sp³-hybridized carbons (Fsp3) is 0.261. The average Bonchev–Trinajstić information content (AvgIpc) is 3.21. The molecule has 7 heteroatoms. The molecule has 1 saturated carbocycles. The van der Waals surface area contributed by atoms with Gasteiger partial charge in [0.25, 0.3) is 11.5 Å². The van der Waals surface area contributed by atoms with Gasteiger partial charge < -0.3 is 10.3 Å². The number of nitrogens with one attached hydrogen (secondary N) is 3. The number of benzene rings is 2. The lowest BCUT2D eigenvalue weighted by atomic mass is 9.82. The Morgan fingerprint density at radius 2 is 1.80 bits per heavy atom. The number of para-hydroxylation sites is 1. The number of rotatable bonds is 3. The summed E-state index contributed by atoms with van der Waals surface area (Å²) in [5.41, 5.74) is 2.09. The van der Waals surface area contributed by atoms with E-state index in [1.165, 1.54) is 0 Å². The Bertz CT molecular complexity index is 1300. The van der Waals surface area contributed by atoms with E-state index in [1.54, 1.807) is 6.07 Å². The van der Waals surface area contributed by atoms with Crippen molar-refractivity contribution in [1.82, 2.24) is 20.5 Å². The summed E-state index contributed by atoms with van der Waals surface area (Å²) in [4.78, 5) is 27.9. The van der Waals surface area contributed by atoms with Crippen molar-refractivity contribution in [2.75, 3.05) is 0 Å². The molecule has 0 saturated heterocycles. The molecule has 6 nitrogen and oxygen atoms in total. The molecule has 0 bridgehead atoms. The first-order valence-electron chi connectivity index (χ1n) is 10.2. The van der Waals surface area contributed by atoms with Crippen molar-refractivity contribution in [3.05, 3.63) is 75.3 Å². The van der Waals surface area contributed by atoms with Gasteiger partial charge in [0.15, 0.2) is 0 Å². The molecule has 0 aliphatic heterocycles. The van der Waals surface area contributed by atoms with Gasteiger partial charge in [-0.05, 0) is 43.9 Å². The van der Waals surface area contributed by atoms with Gasteiger partial charge in [-0.25, -0.2) is 5.10 Å². The van der Waals surface area contributed by atoms with Crippen molar-refractivity contribution >= 4 is 39.2 Å². The van der Waals surface area contributed by atoms with Gasteiger partial charge in [-0.15, -0.1) is 0 Å². The molecule has 2 aromatic carbocycles. The highest BCUT2D eigenvalue weighted by Crippen LogP contribution is 2.34. The molecule has 30 heavy (non-hydrogen) atoms. The number of carbonyl (C=O) groups is 1. The van der Waals surface area contributed by atoms with Crippen LogP contribution < -0.4 is 10.9 Å². The fourth-order valence-electron chi connectivity index (χ4n) is 4.46. The van der Waals surface area contributed by atoms with Crippen molar-refractivity contribution in [2.45, 2.75) is 37.6 Å². The zero-order chi connectivity index (χ0) is 20.7. The van der Waals surface area contributed by atoms with Crippen LogP contribution in [0, 0.1) is 0 Å². The second-order valence-electron chi connectivity index (χ2n) is 7.89. The average molecular weight is 421 g/mol. The highest BCUT2D eigenvalue weighted by Gasteiger charge is 2.26. The SMILES string of the molecule is O=C(N[C@H]1CC[C@H](c2n[nH]c(=O)c3ccccc32)CC1)c1cc2cccc(Cl)c2[nH]1. The largest absolute Gasteiger partial charge is 0.349 e. The quantitative estimate of drug-likeness (QED) is 0.455. The summed E-state index contributed by atoms with van der Waals surface area (Å²) in [6.45, 7) is 0. The van der Waals surface area contributed by atoms with Crippen LogP contribution in [-0.2, 0) is 0 Å². The minimum atomic E-state index is -0.159. The predicted molar refractivity (Wildman–Crippen MR) is 118 cm³/mol. The molecule has 5 rings (SSSR count). The summed E-state index contributed by atoms with van der Waals surface area (Å²) in [5, 5.41) is 13.3. The summed E-state index contributed by atoms with van der Waals surface area (Å²) < 4.78 is 0. The maximum absolute atomic E-state index is 12.7. The Morgan fingerprint density at radius 3 is 2.57 bits per heavy atom. The Balaban J connectivity index is 1.28. The van der Waals surface area contributed by atoms with Gasteiger partial charge in [-0.2, -0.15) is 5.10 Å². The number of aromatic nitrogens is 3. The Hall–Kier alpha value is -3.12. The van der Waals surface area contributed by atoms with E-state index in [-0.39, 0.29) is 23.4 Å². The van der Waals surface area contributed by atoms with Crippen LogP contribution >= 0.6 is 11.6 Å². The maximum Gasteiger partial charge on any atom is 0.272 e. The summed E-state index contributed by atoms with van der Waals surface area (Å²) in [6, 6.07) is 15.1. The first kappa shape index (κ1) is 18.9. The van der Waals surface area contributed by atoms with Crippen LogP contribution in [-0.4, -0.2) is 27.1 Å². The number of fused-ring (bicyclic) bond motifs is 2. The van der Waals surface area contributed by atoms with E-state index < -0.39 is 0 Å². The van der Waals surface area contributed by atoms with E-state index in [2.05, 4.69) is 20.5 Å². The van der Waals surface area contributed by atoms with Crippen molar-refractivity contribution < 1.29 is 4.79 Å². The highest BCUT2D eigenvalue weighted by atomic mass is 35.5. The summed E-state index contributed by atoms with van der Waals surface area (Å²) in [7, 11) is 0. The van der Waals surface area contributed by atoms with Crippen LogP contribution in [0.5, 0.6) is 0 Å². The molecule has 1 aliphatic rings. The number of halogens is 1. The smallest absolute Gasteiger partial charge is 0.272 e. The van der Waals surface area contributed by atoms with E-state index in [0.29, 0.717) is 16.1 Å². The van der Waals surface area contributed by atoms with Gasteiger partial charge in [-0.1, -0.05) is 41.9 Å². The standard InChI is InChI=1S/C23H21ClN4O2/c24-18-7-3-4-14-12-19(26-21(14)18)23(30)25-15-10-8-13(9-11-15)20-16-5-1-2-6-17(16)22(29)28-27-20/h1-7,12-13,15,26H,8-11H2,(H,25,30)(H,28,29)/t13-,15-. The van der Waals surface area contributed by atoms with Gasteiger partial charge in [0.05, 0.1) is 21.6 Å². The zero-order valence-electron chi connectivity index (χ0n) is 16.2. The van der Waals surface area contributed by atoms with Crippen LogP contribution in [0.1, 0.15) is 47.8 Å². The fourth-order valence-corrected chi connectivity index (χ4v) is 4.69. The topological polar surface area (TPSA) is 90.6 Å². The van der Waals surface area contributed by atoms with Gasteiger partial charge in [0.2, 0.25) is 0 Å². The Labute approximate surface area is 177 Å². The second-order valence-corrected chi connectivity index (χ2v) is 8.30. The number of hydrogen-bond donors (Lipinski definition) is 3. The molecular weight excluding hydrogens is 400 g/mol. The first-order valence-corrected chi connectivity index (χ1v) is 10.5. The number of amides is 1. The molecule has 152 valence electrons. The third kappa shape index (κ3) is 3.37. The molecule has 0 atom stereocenters. The number of H-pyrrole nitrogens is 2. The van der Waals surface area contributed by atoms with Crippen molar-refractivity contribution in [3.63, 3.8) is 0 Å². The van der Waals surface area contributed by atoms with Crippen LogP contribution in [0.25, 0.3) is 21.7 Å². The van der Waals surface area contributed by atoms with E-state index in [9.17, 15) is 9.59 Å². The van der Waals surface area contributed by atoms with E-state index in [4.69, 9.17) is 11.6 Å². The third-order valence-corrected chi connectivity index (χ3v) is 6.34. The lowest BCUT2D eigenvalue weighted by Gasteiger charge is -2.29. The van der Waals surface area contributed by atoms with Crippen LogP contribution in [0.2, 0.25) is 5.02 Å². The predicted octanol–water partition coefficient (Wildman–Crippen LogP) is 4.51. The molecule has 2 heterocycles. The van der Waals surface area contributed by atoms with Gasteiger partial charge >= 0.3 is 0 Å². The first-order chi connectivity index (χ1) is 14.6. The van der Waals surface area contributed by atoms with E-state index in [1.807, 2.05) is 42.5 Å². The number of hydrogen-bond acceptors (Lipinski definition) is 3. The minimum absolute atomic E-state index is 0.113. The lowest BCUT2D eigenvalue weighted by Crippen LogP contribution is -2.37. The van der Waals surface area contributed by atoms with Crippen LogP contribution in [0.4, 0.5) is 0 Å². The van der Waals surface area contributed by atoms with Gasteiger partial charge in [0.1, 0.15) is 5.69 Å². The summed E-state index contributed by atoms with van der Waals surface area (Å²) in [6.07, 6.45) is 3.55. The zero-order valence-corrected chi connectivity index (χ0v) is 17.0. The Morgan fingerprint density at radius 1 is 1.03 bits per heavy atom. The number of carbonyl (C=O) groups excluding carboxylic acids is 1. The molecule has 1 fully saturated rings. The van der Waals surface area contributed by atoms with Gasteiger partial charge in [0, 0.05) is 22.7 Å². The molecule has 0 radical (unpaired) electrons. The number of nitrogens with zero attached hydrogens (tertiary/aromatic N) is 1. The number of aromatic amines is 2. The van der Waals surface area contributed by atoms with E-state index in [0.717, 1.165) is 47.7 Å². The molecular formula is C23H21ClN4O2. The summed E-state index contributed by atoms with van der Waals surface area (Å²) >= 11 is 6.20. The monoisotopic (exact) mass is 420 g/mol. The Kier molecular flexibility index (Phi) is 4.79. The molecule has 2 aromatic heterocycles. The third-order valence-electron chi connectivity index (χ3n) is 6.02. The normalized spacial score (nSPS) is 19.2. The minimum Gasteiger partial charge on any atom is -0.349 e. The lowest BCUT2D eigenvalue weighted by molar-refractivity contribution is 0.0921. The van der Waals surface area contributed by atoms with Crippen molar-refractivity contribution in [2.24, 2.45) is 0 Å². The summed E-state index contributed by atoms with van der Waals surface area (Å²) in [5.74, 6) is 0.158. The molecule has 3 N–H and O–H groups in total. The van der Waals surface area contributed by atoms with Gasteiger partial charge in [-0.3, -0.25) is 9.59 Å². The molecule has 1 aliphatic carbocycles. The second kappa shape index (κ2) is 7.61. The van der Waals surface area contributed by atoms with Crippen molar-refractivity contribution in [3.8, 4) is 0 Å². The van der Waals surface area contributed by atoms with Crippen molar-refractivity contribution in [1.29, 1.82) is 0 Å². The molecule has 0 spiro atoms. The van der Waals surface area contributed by atoms with Crippen LogP contribution in [0.15, 0.2) is 53.3 Å². The van der Waals surface area contributed by atoms with E-state index >= 15 is 0 Å². The molecule has 1 amide bonds. The molecule has 4 aromatic rings. The van der Waals surface area contributed by atoms with Crippen LogP contribution in [0.3, 0.4) is 0 Å².